The Morgan fingerprint density at radius 3 is 3.06 bits per heavy atom. The summed E-state index contributed by atoms with van der Waals surface area (Å²) < 4.78 is 0. The molecule has 0 bridgehead atoms. The van der Waals surface area contributed by atoms with Gasteiger partial charge in [0.25, 0.3) is 11.5 Å². The van der Waals surface area contributed by atoms with Crippen LogP contribution >= 0.6 is 0 Å². The SMILES string of the molecule is CC[C@@]1(O)CCCN(C(=O)c2cncc(=O)[nH]2)C1. The predicted octanol–water partition coefficient (Wildman–Crippen LogP) is 0.147. The average molecular weight is 251 g/mol. The molecule has 1 aliphatic heterocycles. The Kier molecular flexibility index (Phi) is 3.47. The Bertz CT molecular complexity index is 499. The van der Waals surface area contributed by atoms with Crippen molar-refractivity contribution >= 4 is 5.91 Å². The van der Waals surface area contributed by atoms with Crippen molar-refractivity contribution in [2.24, 2.45) is 0 Å². The fourth-order valence-electron chi connectivity index (χ4n) is 2.23. The highest BCUT2D eigenvalue weighted by atomic mass is 16.3. The molecule has 1 aromatic rings. The molecule has 18 heavy (non-hydrogen) atoms. The summed E-state index contributed by atoms with van der Waals surface area (Å²) in [5, 5.41) is 10.2. The second-order valence-electron chi connectivity index (χ2n) is 4.72. The number of hydrogen-bond acceptors (Lipinski definition) is 4. The van der Waals surface area contributed by atoms with Crippen LogP contribution in [-0.2, 0) is 0 Å². The number of piperidine rings is 1. The van der Waals surface area contributed by atoms with E-state index in [1.165, 1.54) is 6.20 Å². The summed E-state index contributed by atoms with van der Waals surface area (Å²) in [4.78, 5) is 31.0. The van der Waals surface area contributed by atoms with Crippen molar-refractivity contribution in [2.45, 2.75) is 31.8 Å². The number of aromatic amines is 1. The Morgan fingerprint density at radius 1 is 1.61 bits per heavy atom. The van der Waals surface area contributed by atoms with Crippen LogP contribution in [0.5, 0.6) is 0 Å². The Labute approximate surface area is 105 Å². The van der Waals surface area contributed by atoms with Crippen molar-refractivity contribution in [2.75, 3.05) is 13.1 Å². The van der Waals surface area contributed by atoms with Gasteiger partial charge < -0.3 is 15.0 Å². The number of aromatic nitrogens is 2. The number of H-pyrrole nitrogens is 1. The van der Waals surface area contributed by atoms with Crippen LogP contribution in [0.3, 0.4) is 0 Å². The van der Waals surface area contributed by atoms with Crippen molar-refractivity contribution in [1.29, 1.82) is 0 Å². The van der Waals surface area contributed by atoms with E-state index in [1.807, 2.05) is 6.92 Å². The number of β-amino-alcohol motifs (C(OH)–C–C–N with tert-alkyl or cyclic N) is 1. The molecule has 0 aliphatic carbocycles. The highest BCUT2D eigenvalue weighted by Crippen LogP contribution is 2.24. The third kappa shape index (κ3) is 2.59. The highest BCUT2D eigenvalue weighted by Gasteiger charge is 2.34. The molecule has 2 heterocycles. The lowest BCUT2D eigenvalue weighted by molar-refractivity contribution is -0.0271. The minimum absolute atomic E-state index is 0.169. The Morgan fingerprint density at radius 2 is 2.39 bits per heavy atom. The molecule has 98 valence electrons. The maximum absolute atomic E-state index is 12.2. The first-order chi connectivity index (χ1) is 8.54. The van der Waals surface area contributed by atoms with E-state index in [2.05, 4.69) is 9.97 Å². The number of nitrogens with zero attached hydrogens (tertiary/aromatic N) is 2. The number of hydrogen-bond donors (Lipinski definition) is 2. The van der Waals surface area contributed by atoms with Gasteiger partial charge in [-0.3, -0.25) is 14.6 Å². The maximum Gasteiger partial charge on any atom is 0.272 e. The normalized spacial score (nSPS) is 24.0. The lowest BCUT2D eigenvalue weighted by atomic mass is 9.90. The molecule has 1 saturated heterocycles. The minimum atomic E-state index is -0.809. The van der Waals surface area contributed by atoms with Gasteiger partial charge in [-0.05, 0) is 19.3 Å². The molecule has 0 spiro atoms. The summed E-state index contributed by atoms with van der Waals surface area (Å²) in [6.07, 6.45) is 4.54. The summed E-state index contributed by atoms with van der Waals surface area (Å²) in [6.45, 7) is 2.80. The van der Waals surface area contributed by atoms with Gasteiger partial charge in [-0.15, -0.1) is 0 Å². The summed E-state index contributed by atoms with van der Waals surface area (Å²) in [7, 11) is 0. The first-order valence-electron chi connectivity index (χ1n) is 6.10. The van der Waals surface area contributed by atoms with E-state index >= 15 is 0 Å². The van der Waals surface area contributed by atoms with Crippen LogP contribution in [0, 0.1) is 0 Å². The smallest absolute Gasteiger partial charge is 0.272 e. The molecule has 1 aliphatic rings. The van der Waals surface area contributed by atoms with Gasteiger partial charge in [0.15, 0.2) is 0 Å². The fourth-order valence-corrected chi connectivity index (χ4v) is 2.23. The number of aliphatic hydroxyl groups is 1. The quantitative estimate of drug-likeness (QED) is 0.783. The van der Waals surface area contributed by atoms with Crippen LogP contribution in [0.1, 0.15) is 36.7 Å². The molecular weight excluding hydrogens is 234 g/mol. The molecule has 2 rings (SSSR count). The topological polar surface area (TPSA) is 86.3 Å². The van der Waals surface area contributed by atoms with Crippen LogP contribution in [0.4, 0.5) is 0 Å². The average Bonchev–Trinajstić information content (AvgIpc) is 2.38. The molecule has 1 fully saturated rings. The van der Waals surface area contributed by atoms with Crippen LogP contribution in [0.15, 0.2) is 17.2 Å². The van der Waals surface area contributed by atoms with Crippen LogP contribution in [0.25, 0.3) is 0 Å². The van der Waals surface area contributed by atoms with E-state index < -0.39 is 11.2 Å². The molecule has 0 aromatic carbocycles. The number of rotatable bonds is 2. The zero-order valence-corrected chi connectivity index (χ0v) is 10.3. The van der Waals surface area contributed by atoms with Crippen molar-refractivity contribution in [3.63, 3.8) is 0 Å². The number of likely N-dealkylation sites (tertiary alicyclic amines) is 1. The Hall–Kier alpha value is -1.69. The van der Waals surface area contributed by atoms with Crippen molar-refractivity contribution < 1.29 is 9.90 Å². The first kappa shape index (κ1) is 12.8. The van der Waals surface area contributed by atoms with E-state index in [1.54, 1.807) is 4.90 Å². The molecular formula is C12H17N3O3. The summed E-state index contributed by atoms with van der Waals surface area (Å²) >= 11 is 0. The third-order valence-corrected chi connectivity index (χ3v) is 3.38. The molecule has 0 saturated carbocycles. The van der Waals surface area contributed by atoms with Crippen LogP contribution < -0.4 is 5.56 Å². The number of amides is 1. The van der Waals surface area contributed by atoms with E-state index in [-0.39, 0.29) is 11.6 Å². The minimum Gasteiger partial charge on any atom is -0.388 e. The molecule has 1 aromatic heterocycles. The second kappa shape index (κ2) is 4.89. The van der Waals surface area contributed by atoms with Gasteiger partial charge >= 0.3 is 0 Å². The van der Waals surface area contributed by atoms with Gasteiger partial charge in [-0.1, -0.05) is 6.92 Å². The van der Waals surface area contributed by atoms with E-state index in [9.17, 15) is 14.7 Å². The van der Waals surface area contributed by atoms with E-state index in [4.69, 9.17) is 0 Å². The van der Waals surface area contributed by atoms with E-state index in [0.29, 0.717) is 25.9 Å². The maximum atomic E-state index is 12.2. The van der Waals surface area contributed by atoms with Crippen LogP contribution in [-0.4, -0.2) is 44.6 Å². The molecule has 1 atom stereocenters. The molecule has 2 N–H and O–H groups in total. The lowest BCUT2D eigenvalue weighted by Crippen LogP contribution is -2.50. The predicted molar refractivity (Wildman–Crippen MR) is 65.2 cm³/mol. The van der Waals surface area contributed by atoms with E-state index in [0.717, 1.165) is 12.6 Å². The van der Waals surface area contributed by atoms with Crippen molar-refractivity contribution in [3.8, 4) is 0 Å². The van der Waals surface area contributed by atoms with Crippen molar-refractivity contribution in [3.05, 3.63) is 28.4 Å². The largest absolute Gasteiger partial charge is 0.388 e. The summed E-state index contributed by atoms with van der Waals surface area (Å²) in [6, 6.07) is 0. The van der Waals surface area contributed by atoms with Gasteiger partial charge in [-0.25, -0.2) is 0 Å². The lowest BCUT2D eigenvalue weighted by Gasteiger charge is -2.38. The van der Waals surface area contributed by atoms with Gasteiger partial charge in [0.1, 0.15) is 5.69 Å². The van der Waals surface area contributed by atoms with Crippen LogP contribution in [0.2, 0.25) is 0 Å². The zero-order chi connectivity index (χ0) is 13.2. The Balaban J connectivity index is 2.17. The standard InChI is InChI=1S/C12H17N3O3/c1-2-12(18)4-3-5-15(8-12)11(17)9-6-13-7-10(16)14-9/h6-7,18H,2-5,8H2,1H3,(H,14,16)/t12-/m1/s1. The van der Waals surface area contributed by atoms with Gasteiger partial charge in [0.05, 0.1) is 18.0 Å². The zero-order valence-electron chi connectivity index (χ0n) is 10.3. The third-order valence-electron chi connectivity index (χ3n) is 3.38. The monoisotopic (exact) mass is 251 g/mol. The highest BCUT2D eigenvalue weighted by molar-refractivity contribution is 5.92. The molecule has 0 unspecified atom stereocenters. The first-order valence-corrected chi connectivity index (χ1v) is 6.10. The molecule has 0 radical (unpaired) electrons. The number of carbonyl (C=O) groups is 1. The number of nitrogens with one attached hydrogen (secondary N) is 1. The summed E-state index contributed by atoms with van der Waals surface area (Å²) in [5.41, 5.74) is -1.04. The van der Waals surface area contributed by atoms with Gasteiger partial charge in [0.2, 0.25) is 0 Å². The molecule has 6 heteroatoms. The van der Waals surface area contributed by atoms with Crippen molar-refractivity contribution in [1.82, 2.24) is 14.9 Å². The molecule has 1 amide bonds. The van der Waals surface area contributed by atoms with Gasteiger partial charge in [0, 0.05) is 13.1 Å². The fraction of sp³-hybridized carbons (Fsp3) is 0.583. The molecule has 6 nitrogen and oxygen atoms in total. The number of carbonyl (C=O) groups excluding carboxylic acids is 1. The summed E-state index contributed by atoms with van der Waals surface area (Å²) in [5.74, 6) is -0.285. The van der Waals surface area contributed by atoms with Gasteiger partial charge in [-0.2, -0.15) is 0 Å². The second-order valence-corrected chi connectivity index (χ2v) is 4.72.